The first-order valence-electron chi connectivity index (χ1n) is 11.2. The highest BCUT2D eigenvalue weighted by Crippen LogP contribution is 2.34. The van der Waals surface area contributed by atoms with Crippen LogP contribution in [-0.2, 0) is 4.79 Å². The number of nitrogens with zero attached hydrogens (tertiary/aromatic N) is 4. The summed E-state index contributed by atoms with van der Waals surface area (Å²) in [5.74, 6) is 2.66. The second-order valence-corrected chi connectivity index (χ2v) is 8.07. The molecule has 1 aliphatic rings. The van der Waals surface area contributed by atoms with E-state index in [-0.39, 0.29) is 5.91 Å². The van der Waals surface area contributed by atoms with E-state index in [0.717, 1.165) is 10.8 Å². The van der Waals surface area contributed by atoms with E-state index in [4.69, 9.17) is 9.15 Å². The van der Waals surface area contributed by atoms with Crippen LogP contribution in [0, 0.1) is 0 Å². The van der Waals surface area contributed by atoms with Crippen molar-refractivity contribution in [1.29, 1.82) is 0 Å². The van der Waals surface area contributed by atoms with Crippen LogP contribution in [0.25, 0.3) is 33.3 Å². The van der Waals surface area contributed by atoms with E-state index in [0.29, 0.717) is 71.0 Å². The quantitative estimate of drug-likeness (QED) is 0.321. The lowest BCUT2D eigenvalue weighted by atomic mass is 10.1. The van der Waals surface area contributed by atoms with E-state index in [2.05, 4.69) is 35.9 Å². The fraction of sp³-hybridized carbons (Fsp3) is 0.160. The van der Waals surface area contributed by atoms with E-state index in [1.165, 1.54) is 0 Å². The van der Waals surface area contributed by atoms with Crippen molar-refractivity contribution in [3.8, 4) is 17.3 Å². The summed E-state index contributed by atoms with van der Waals surface area (Å²) < 4.78 is 11.8. The third-order valence-electron chi connectivity index (χ3n) is 5.69. The highest BCUT2D eigenvalue weighted by molar-refractivity contribution is 6.02. The number of oxazole rings is 1. The van der Waals surface area contributed by atoms with Gasteiger partial charge in [-0.1, -0.05) is 6.07 Å². The second-order valence-electron chi connectivity index (χ2n) is 8.07. The average molecular weight is 467 g/mol. The summed E-state index contributed by atoms with van der Waals surface area (Å²) in [6, 6.07) is 12.8. The molecular weight excluding hydrogens is 446 g/mol. The third-order valence-corrected chi connectivity index (χ3v) is 5.69. The lowest BCUT2D eigenvalue weighted by Crippen LogP contribution is -2.13. The molecule has 4 aromatic heterocycles. The molecule has 0 saturated heterocycles. The number of ether oxygens (including phenoxy) is 1. The van der Waals surface area contributed by atoms with E-state index < -0.39 is 0 Å². The molecule has 1 aromatic carbocycles. The van der Waals surface area contributed by atoms with Crippen molar-refractivity contribution < 1.29 is 13.9 Å². The van der Waals surface area contributed by atoms with Crippen LogP contribution in [0.3, 0.4) is 0 Å². The second kappa shape index (κ2) is 8.56. The van der Waals surface area contributed by atoms with Gasteiger partial charge in [-0.3, -0.25) is 4.79 Å². The fourth-order valence-electron chi connectivity index (χ4n) is 4.02. The van der Waals surface area contributed by atoms with E-state index in [1.807, 2.05) is 25.2 Å². The molecule has 0 aliphatic carbocycles. The molecule has 0 fully saturated rings. The van der Waals surface area contributed by atoms with Gasteiger partial charge >= 0.3 is 0 Å². The predicted octanol–water partition coefficient (Wildman–Crippen LogP) is 4.73. The lowest BCUT2D eigenvalue weighted by molar-refractivity contribution is -0.116. The summed E-state index contributed by atoms with van der Waals surface area (Å²) in [5.41, 5.74) is 2.62. The number of benzene rings is 1. The maximum atomic E-state index is 12.4. The van der Waals surface area contributed by atoms with Gasteiger partial charge < -0.3 is 25.1 Å². The topological polar surface area (TPSA) is 127 Å². The van der Waals surface area contributed by atoms with Crippen molar-refractivity contribution in [2.75, 3.05) is 29.6 Å². The Kier molecular flexibility index (Phi) is 5.10. The molecule has 0 spiro atoms. The van der Waals surface area contributed by atoms with E-state index in [1.54, 1.807) is 36.7 Å². The summed E-state index contributed by atoms with van der Waals surface area (Å²) in [6.45, 7) is 0.368. The Morgan fingerprint density at radius 2 is 1.91 bits per heavy atom. The number of amides is 1. The van der Waals surface area contributed by atoms with Crippen LogP contribution in [0.5, 0.6) is 5.88 Å². The average Bonchev–Trinajstić information content (AvgIpc) is 3.29. The maximum Gasteiger partial charge on any atom is 0.229 e. The lowest BCUT2D eigenvalue weighted by Gasteiger charge is -2.11. The summed E-state index contributed by atoms with van der Waals surface area (Å²) in [4.78, 5) is 30.7. The summed E-state index contributed by atoms with van der Waals surface area (Å²) in [7, 11) is 1.81. The highest BCUT2D eigenvalue weighted by atomic mass is 16.5. The molecular formula is C25H21N7O3. The van der Waals surface area contributed by atoms with Gasteiger partial charge in [-0.25, -0.2) is 15.0 Å². The molecule has 35 heavy (non-hydrogen) atoms. The maximum absolute atomic E-state index is 12.4. The van der Waals surface area contributed by atoms with Crippen LogP contribution < -0.4 is 20.7 Å². The molecule has 0 saturated carbocycles. The van der Waals surface area contributed by atoms with Crippen LogP contribution in [0.15, 0.2) is 59.3 Å². The number of pyridine rings is 3. The Bertz CT molecular complexity index is 1580. The van der Waals surface area contributed by atoms with Gasteiger partial charge in [0.2, 0.25) is 17.7 Å². The Hall–Kier alpha value is -4.73. The molecule has 1 aliphatic heterocycles. The smallest absolute Gasteiger partial charge is 0.229 e. The van der Waals surface area contributed by atoms with Crippen molar-refractivity contribution in [3.05, 3.63) is 54.9 Å². The van der Waals surface area contributed by atoms with Gasteiger partial charge in [0.05, 0.1) is 12.2 Å². The first kappa shape index (κ1) is 20.8. The molecule has 0 atom stereocenters. The first-order valence-corrected chi connectivity index (χ1v) is 11.2. The number of fused-ring (bicyclic) bond motifs is 6. The zero-order chi connectivity index (χ0) is 23.8. The van der Waals surface area contributed by atoms with Gasteiger partial charge in [-0.15, -0.1) is 0 Å². The molecule has 10 nitrogen and oxygen atoms in total. The third kappa shape index (κ3) is 4.05. The molecule has 174 valence electrons. The number of hydrogen-bond donors (Lipinski definition) is 3. The number of anilines is 4. The Morgan fingerprint density at radius 1 is 0.971 bits per heavy atom. The SMILES string of the molecule is CNc1ncc2c3cc(ncc13)Nc1cccc(n1)OCCCC(=O)Nc1ccc3oc-2nc3c1. The number of nitrogens with one attached hydrogen (secondary N) is 3. The van der Waals surface area contributed by atoms with Gasteiger partial charge in [-0.2, -0.15) is 4.98 Å². The van der Waals surface area contributed by atoms with Gasteiger partial charge in [-0.05, 0) is 36.8 Å². The minimum absolute atomic E-state index is 0.103. The van der Waals surface area contributed by atoms with Crippen molar-refractivity contribution in [2.24, 2.45) is 0 Å². The number of hydrogen-bond acceptors (Lipinski definition) is 9. The summed E-state index contributed by atoms with van der Waals surface area (Å²) in [5, 5.41) is 10.9. The van der Waals surface area contributed by atoms with Crippen molar-refractivity contribution >= 4 is 50.9 Å². The summed E-state index contributed by atoms with van der Waals surface area (Å²) in [6.07, 6.45) is 4.34. The Labute approximate surface area is 199 Å². The van der Waals surface area contributed by atoms with Gasteiger partial charge in [0.15, 0.2) is 5.58 Å². The largest absolute Gasteiger partial charge is 0.478 e. The molecule has 5 aromatic rings. The molecule has 6 rings (SSSR count). The number of aromatic nitrogens is 4. The first-order chi connectivity index (χ1) is 17.2. The van der Waals surface area contributed by atoms with Gasteiger partial charge in [0, 0.05) is 48.4 Å². The number of carbonyl (C=O) groups excluding carboxylic acids is 1. The molecule has 10 heteroatoms. The number of rotatable bonds is 1. The van der Waals surface area contributed by atoms with E-state index >= 15 is 0 Å². The molecule has 3 N–H and O–H groups in total. The van der Waals surface area contributed by atoms with Crippen LogP contribution in [0.2, 0.25) is 0 Å². The van der Waals surface area contributed by atoms with Crippen molar-refractivity contribution in [1.82, 2.24) is 19.9 Å². The van der Waals surface area contributed by atoms with Crippen LogP contribution in [-0.4, -0.2) is 39.5 Å². The predicted molar refractivity (Wildman–Crippen MR) is 133 cm³/mol. The molecule has 0 radical (unpaired) electrons. The highest BCUT2D eigenvalue weighted by Gasteiger charge is 2.16. The zero-order valence-electron chi connectivity index (χ0n) is 18.8. The molecule has 1 amide bonds. The van der Waals surface area contributed by atoms with Crippen LogP contribution in [0.1, 0.15) is 12.8 Å². The minimum atomic E-state index is -0.103. The zero-order valence-corrected chi connectivity index (χ0v) is 18.8. The van der Waals surface area contributed by atoms with Gasteiger partial charge in [0.25, 0.3) is 0 Å². The van der Waals surface area contributed by atoms with Crippen molar-refractivity contribution in [2.45, 2.75) is 12.8 Å². The van der Waals surface area contributed by atoms with Crippen LogP contribution in [0.4, 0.5) is 23.1 Å². The summed E-state index contributed by atoms with van der Waals surface area (Å²) >= 11 is 0. The van der Waals surface area contributed by atoms with Crippen molar-refractivity contribution in [3.63, 3.8) is 0 Å². The Morgan fingerprint density at radius 3 is 2.83 bits per heavy atom. The number of carbonyl (C=O) groups is 1. The normalized spacial score (nSPS) is 13.7. The molecule has 5 heterocycles. The van der Waals surface area contributed by atoms with E-state index in [9.17, 15) is 4.79 Å². The fourth-order valence-corrected chi connectivity index (χ4v) is 4.02. The van der Waals surface area contributed by atoms with Gasteiger partial charge in [0.1, 0.15) is 23.0 Å². The minimum Gasteiger partial charge on any atom is -0.478 e. The Balaban J connectivity index is 1.52. The standard InChI is InChI=1S/C25H21N7O3/c1-26-24-16-12-27-21-11-15(16)17(13-28-24)25-30-18-10-14(7-8-19(18)35-25)29-22(33)5-3-9-34-23-6-2-4-20(31-21)32-23/h2,4,6-8,10-13H,3,5,9H2,1H3,(H,26,28)(H,29,33)(H,27,31,32). The molecule has 7 bridgehead atoms. The van der Waals surface area contributed by atoms with Crippen LogP contribution >= 0.6 is 0 Å². The molecule has 0 unspecified atom stereocenters. The monoisotopic (exact) mass is 467 g/mol.